The maximum absolute atomic E-state index is 12.8. The van der Waals surface area contributed by atoms with E-state index in [1.54, 1.807) is 19.0 Å². The maximum atomic E-state index is 12.8. The number of likely N-dealkylation sites (N-methyl/N-ethyl adjacent to an activating group) is 1. The summed E-state index contributed by atoms with van der Waals surface area (Å²) >= 11 is 0. The average Bonchev–Trinajstić information content (AvgIpc) is 3.06. The van der Waals surface area contributed by atoms with Gasteiger partial charge in [0.05, 0.1) is 5.54 Å². The number of carbonyl (C=O) groups is 2. The molecule has 0 aromatic rings. The van der Waals surface area contributed by atoms with Crippen LogP contribution >= 0.6 is 0 Å². The Kier molecular flexibility index (Phi) is 4.13. The molecule has 0 aromatic carbocycles. The first-order chi connectivity index (χ1) is 9.02. The largest absolute Gasteiger partial charge is 0.347 e. The second-order valence-electron chi connectivity index (χ2n) is 5.86. The molecule has 2 fully saturated rings. The van der Waals surface area contributed by atoms with Crippen molar-refractivity contribution in [2.45, 2.75) is 50.6 Å². The fourth-order valence-corrected chi connectivity index (χ4v) is 3.28. The number of nitrogens with one attached hydrogen (secondary N) is 1. The molecule has 5 heteroatoms. The Hall–Kier alpha value is -1.10. The van der Waals surface area contributed by atoms with Crippen molar-refractivity contribution in [3.63, 3.8) is 0 Å². The van der Waals surface area contributed by atoms with Gasteiger partial charge in [-0.2, -0.15) is 0 Å². The van der Waals surface area contributed by atoms with Crippen LogP contribution in [0.3, 0.4) is 0 Å². The van der Waals surface area contributed by atoms with Crippen LogP contribution in [0, 0.1) is 0 Å². The summed E-state index contributed by atoms with van der Waals surface area (Å²) in [4.78, 5) is 28.4. The highest BCUT2D eigenvalue weighted by Crippen LogP contribution is 2.29. The Bertz CT molecular complexity index is 362. The predicted molar refractivity (Wildman–Crippen MR) is 73.7 cm³/mol. The number of likely N-dealkylation sites (tertiary alicyclic amines) is 1. The normalized spacial score (nSPS) is 30.7. The second-order valence-corrected chi connectivity index (χ2v) is 5.86. The molecule has 19 heavy (non-hydrogen) atoms. The molecule has 5 nitrogen and oxygen atoms in total. The first-order valence-electron chi connectivity index (χ1n) is 7.29. The molecule has 0 radical (unpaired) electrons. The first-order valence-corrected chi connectivity index (χ1v) is 7.29. The van der Waals surface area contributed by atoms with Crippen LogP contribution in [0.4, 0.5) is 0 Å². The van der Waals surface area contributed by atoms with Crippen LogP contribution in [-0.2, 0) is 9.59 Å². The van der Waals surface area contributed by atoms with Crippen LogP contribution in [0.25, 0.3) is 0 Å². The summed E-state index contributed by atoms with van der Waals surface area (Å²) in [5.74, 6) is 0.181. The lowest BCUT2D eigenvalue weighted by atomic mass is 9.92. The van der Waals surface area contributed by atoms with Crippen molar-refractivity contribution in [1.82, 2.24) is 15.1 Å². The quantitative estimate of drug-likeness (QED) is 0.814. The summed E-state index contributed by atoms with van der Waals surface area (Å²) in [6.07, 6.45) is 4.45. The van der Waals surface area contributed by atoms with E-state index < -0.39 is 5.54 Å². The van der Waals surface area contributed by atoms with Crippen LogP contribution < -0.4 is 5.32 Å². The number of hydrogen-bond donors (Lipinski definition) is 1. The van der Waals surface area contributed by atoms with Crippen molar-refractivity contribution in [2.24, 2.45) is 0 Å². The number of carbonyl (C=O) groups excluding carboxylic acids is 2. The summed E-state index contributed by atoms with van der Waals surface area (Å²) in [5, 5.41) is 3.37. The lowest BCUT2D eigenvalue weighted by Crippen LogP contribution is -2.57. The SMILES string of the molecule is CCC1(C(=O)N2CCCC2C(=O)N(C)C)CCCN1. The fraction of sp³-hybridized carbons (Fsp3) is 0.857. The Labute approximate surface area is 115 Å². The van der Waals surface area contributed by atoms with E-state index in [1.807, 2.05) is 4.90 Å². The van der Waals surface area contributed by atoms with Crippen molar-refractivity contribution in [3.05, 3.63) is 0 Å². The molecule has 2 aliphatic heterocycles. The monoisotopic (exact) mass is 267 g/mol. The van der Waals surface area contributed by atoms with Gasteiger partial charge < -0.3 is 15.1 Å². The predicted octanol–water partition coefficient (Wildman–Crippen LogP) is 0.598. The Morgan fingerprint density at radius 2 is 2.11 bits per heavy atom. The third-order valence-electron chi connectivity index (χ3n) is 4.50. The molecule has 2 heterocycles. The topological polar surface area (TPSA) is 52.7 Å². The zero-order chi connectivity index (χ0) is 14.0. The molecule has 0 saturated carbocycles. The van der Waals surface area contributed by atoms with Crippen LogP contribution in [0.15, 0.2) is 0 Å². The van der Waals surface area contributed by atoms with Gasteiger partial charge in [-0.15, -0.1) is 0 Å². The van der Waals surface area contributed by atoms with Gasteiger partial charge in [-0.05, 0) is 38.6 Å². The minimum atomic E-state index is -0.421. The summed E-state index contributed by atoms with van der Waals surface area (Å²) in [5.41, 5.74) is -0.421. The third-order valence-corrected chi connectivity index (χ3v) is 4.50. The molecular weight excluding hydrogens is 242 g/mol. The molecule has 2 amide bonds. The van der Waals surface area contributed by atoms with Crippen LogP contribution in [0.1, 0.15) is 39.0 Å². The van der Waals surface area contributed by atoms with Crippen molar-refractivity contribution in [1.29, 1.82) is 0 Å². The fourth-order valence-electron chi connectivity index (χ4n) is 3.28. The minimum absolute atomic E-state index is 0.0510. The Balaban J connectivity index is 2.15. The van der Waals surface area contributed by atoms with Gasteiger partial charge in [0, 0.05) is 20.6 Å². The zero-order valence-corrected chi connectivity index (χ0v) is 12.2. The summed E-state index contributed by atoms with van der Waals surface area (Å²) in [7, 11) is 3.51. The van der Waals surface area contributed by atoms with Gasteiger partial charge in [-0.25, -0.2) is 0 Å². The second kappa shape index (κ2) is 5.49. The highest BCUT2D eigenvalue weighted by atomic mass is 16.2. The molecule has 0 aromatic heterocycles. The molecule has 0 spiro atoms. The molecule has 0 aliphatic carbocycles. The van der Waals surface area contributed by atoms with Crippen molar-refractivity contribution in [2.75, 3.05) is 27.2 Å². The van der Waals surface area contributed by atoms with Crippen molar-refractivity contribution in [3.8, 4) is 0 Å². The summed E-state index contributed by atoms with van der Waals surface area (Å²) in [6.45, 7) is 3.67. The highest BCUT2D eigenvalue weighted by Gasteiger charge is 2.46. The van der Waals surface area contributed by atoms with Gasteiger partial charge in [0.1, 0.15) is 6.04 Å². The number of hydrogen-bond acceptors (Lipinski definition) is 3. The molecule has 2 unspecified atom stereocenters. The minimum Gasteiger partial charge on any atom is -0.347 e. The standard InChI is InChI=1S/C14H25N3O2/c1-4-14(8-6-9-15-14)13(19)17-10-5-7-11(17)12(18)16(2)3/h11,15H,4-10H2,1-3H3. The van der Waals surface area contributed by atoms with E-state index in [0.29, 0.717) is 6.54 Å². The van der Waals surface area contributed by atoms with E-state index in [9.17, 15) is 9.59 Å². The van der Waals surface area contributed by atoms with Crippen molar-refractivity contribution < 1.29 is 9.59 Å². The molecule has 2 atom stereocenters. The highest BCUT2D eigenvalue weighted by molar-refractivity contribution is 5.92. The number of amides is 2. The van der Waals surface area contributed by atoms with Gasteiger partial charge in [0.2, 0.25) is 11.8 Å². The first kappa shape index (κ1) is 14.3. The molecule has 0 bridgehead atoms. The van der Waals surface area contributed by atoms with E-state index in [2.05, 4.69) is 12.2 Å². The molecule has 1 N–H and O–H groups in total. The average molecular weight is 267 g/mol. The smallest absolute Gasteiger partial charge is 0.244 e. The van der Waals surface area contributed by atoms with E-state index >= 15 is 0 Å². The van der Waals surface area contributed by atoms with Gasteiger partial charge >= 0.3 is 0 Å². The van der Waals surface area contributed by atoms with Crippen molar-refractivity contribution >= 4 is 11.8 Å². The third kappa shape index (κ3) is 2.48. The molecule has 2 rings (SSSR count). The Morgan fingerprint density at radius 1 is 1.37 bits per heavy atom. The van der Waals surface area contributed by atoms with E-state index in [1.165, 1.54) is 0 Å². The van der Waals surface area contributed by atoms with Gasteiger partial charge in [0.25, 0.3) is 0 Å². The van der Waals surface area contributed by atoms with E-state index in [4.69, 9.17) is 0 Å². The zero-order valence-electron chi connectivity index (χ0n) is 12.2. The maximum Gasteiger partial charge on any atom is 0.244 e. The lowest BCUT2D eigenvalue weighted by Gasteiger charge is -2.35. The van der Waals surface area contributed by atoms with E-state index in [0.717, 1.165) is 38.6 Å². The van der Waals surface area contributed by atoms with Crippen LogP contribution in [0.5, 0.6) is 0 Å². The molecule has 2 aliphatic rings. The van der Waals surface area contributed by atoms with Gasteiger partial charge in [0.15, 0.2) is 0 Å². The summed E-state index contributed by atoms with van der Waals surface area (Å²) in [6, 6.07) is -0.256. The number of rotatable bonds is 3. The van der Waals surface area contributed by atoms with Gasteiger partial charge in [-0.3, -0.25) is 9.59 Å². The van der Waals surface area contributed by atoms with E-state index in [-0.39, 0.29) is 17.9 Å². The van der Waals surface area contributed by atoms with Crippen LogP contribution in [0.2, 0.25) is 0 Å². The number of nitrogens with zero attached hydrogens (tertiary/aromatic N) is 2. The Morgan fingerprint density at radius 3 is 2.63 bits per heavy atom. The summed E-state index contributed by atoms with van der Waals surface area (Å²) < 4.78 is 0. The molecule has 2 saturated heterocycles. The van der Waals surface area contributed by atoms with Crippen LogP contribution in [-0.4, -0.2) is 60.4 Å². The lowest BCUT2D eigenvalue weighted by molar-refractivity contribution is -0.146. The molecular formula is C14H25N3O2. The molecule has 108 valence electrons. The van der Waals surface area contributed by atoms with Gasteiger partial charge in [-0.1, -0.05) is 6.92 Å².